The van der Waals surface area contributed by atoms with Crippen molar-refractivity contribution in [2.75, 3.05) is 6.61 Å². The van der Waals surface area contributed by atoms with Crippen LogP contribution in [0, 0.1) is 0 Å². The molecular formula is C24H30O4. The molecule has 1 unspecified atom stereocenters. The molecule has 1 saturated heterocycles. The third kappa shape index (κ3) is 6.47. The van der Waals surface area contributed by atoms with E-state index in [9.17, 15) is 4.79 Å². The van der Waals surface area contributed by atoms with E-state index in [2.05, 4.69) is 24.3 Å². The Bertz CT molecular complexity index is 701. The van der Waals surface area contributed by atoms with Gasteiger partial charge in [-0.05, 0) is 31.7 Å². The molecule has 1 aliphatic rings. The average Bonchev–Trinajstić information content (AvgIpc) is 2.73. The molecule has 4 heteroatoms. The molecule has 0 radical (unpaired) electrons. The number of unbranched alkanes of at least 4 members (excludes halogenated alkanes) is 1. The number of rotatable bonds is 9. The summed E-state index contributed by atoms with van der Waals surface area (Å²) in [7, 11) is 0. The first-order chi connectivity index (χ1) is 13.7. The molecule has 0 aromatic heterocycles. The molecule has 1 heterocycles. The van der Waals surface area contributed by atoms with E-state index in [4.69, 9.17) is 14.2 Å². The molecule has 3 rings (SSSR count). The molecular weight excluding hydrogens is 352 g/mol. The van der Waals surface area contributed by atoms with Gasteiger partial charge in [-0.3, -0.25) is 4.79 Å². The van der Waals surface area contributed by atoms with Crippen molar-refractivity contribution in [3.63, 3.8) is 0 Å². The van der Waals surface area contributed by atoms with Gasteiger partial charge in [-0.1, -0.05) is 67.1 Å². The molecule has 0 spiro atoms. The normalized spacial score (nSPS) is 22.0. The first-order valence-corrected chi connectivity index (χ1v) is 10.3. The number of benzene rings is 2. The third-order valence-electron chi connectivity index (χ3n) is 5.01. The topological polar surface area (TPSA) is 44.8 Å². The molecule has 1 fully saturated rings. The lowest BCUT2D eigenvalue weighted by Gasteiger charge is -2.35. The SMILES string of the molecule is CCOC(=O)C[C@H]1C[C@@H](CCCCc2ccccc2)OC(c2ccccc2)O1. The van der Waals surface area contributed by atoms with Gasteiger partial charge < -0.3 is 14.2 Å². The van der Waals surface area contributed by atoms with Crippen molar-refractivity contribution in [1.82, 2.24) is 0 Å². The number of hydrogen-bond acceptors (Lipinski definition) is 4. The van der Waals surface area contributed by atoms with Crippen LogP contribution >= 0.6 is 0 Å². The summed E-state index contributed by atoms with van der Waals surface area (Å²) in [6.45, 7) is 2.22. The summed E-state index contributed by atoms with van der Waals surface area (Å²) in [6, 6.07) is 20.5. The number of ether oxygens (including phenoxy) is 3. The Hall–Kier alpha value is -2.17. The lowest BCUT2D eigenvalue weighted by Crippen LogP contribution is -2.35. The maximum atomic E-state index is 11.9. The van der Waals surface area contributed by atoms with Crippen LogP contribution in [0.4, 0.5) is 0 Å². The van der Waals surface area contributed by atoms with Gasteiger partial charge in [-0.15, -0.1) is 0 Å². The fourth-order valence-corrected chi connectivity index (χ4v) is 3.62. The monoisotopic (exact) mass is 382 g/mol. The number of carbonyl (C=O) groups excluding carboxylic acids is 1. The Morgan fingerprint density at radius 2 is 1.64 bits per heavy atom. The van der Waals surface area contributed by atoms with Crippen molar-refractivity contribution in [2.45, 2.75) is 63.9 Å². The van der Waals surface area contributed by atoms with E-state index >= 15 is 0 Å². The van der Waals surface area contributed by atoms with Crippen LogP contribution in [-0.4, -0.2) is 24.8 Å². The summed E-state index contributed by atoms with van der Waals surface area (Å²) in [5, 5.41) is 0. The van der Waals surface area contributed by atoms with Crippen molar-refractivity contribution in [3.05, 3.63) is 71.8 Å². The van der Waals surface area contributed by atoms with Crippen LogP contribution in [0.1, 0.15) is 56.4 Å². The highest BCUT2D eigenvalue weighted by molar-refractivity contribution is 5.69. The number of hydrogen-bond donors (Lipinski definition) is 0. The summed E-state index contributed by atoms with van der Waals surface area (Å²) >= 11 is 0. The Labute approximate surface area is 167 Å². The van der Waals surface area contributed by atoms with Crippen LogP contribution in [-0.2, 0) is 25.4 Å². The zero-order valence-corrected chi connectivity index (χ0v) is 16.6. The molecule has 3 atom stereocenters. The van der Waals surface area contributed by atoms with Crippen molar-refractivity contribution >= 4 is 5.97 Å². The van der Waals surface area contributed by atoms with Crippen LogP contribution in [0.2, 0.25) is 0 Å². The standard InChI is InChI=1S/C24H30O4/c1-2-26-23(25)18-22-17-21(16-10-9-13-19-11-5-3-6-12-19)27-24(28-22)20-14-7-4-8-15-20/h3-8,11-12,14-15,21-22,24H,2,9-10,13,16-18H2,1H3/t21-,22-,24?/m1/s1. The minimum Gasteiger partial charge on any atom is -0.466 e. The quantitative estimate of drug-likeness (QED) is 0.440. The summed E-state index contributed by atoms with van der Waals surface area (Å²) in [6.07, 6.45) is 4.78. The highest BCUT2D eigenvalue weighted by atomic mass is 16.7. The van der Waals surface area contributed by atoms with Gasteiger partial charge in [0.15, 0.2) is 6.29 Å². The molecule has 0 saturated carbocycles. The van der Waals surface area contributed by atoms with Crippen LogP contribution in [0.15, 0.2) is 60.7 Å². The molecule has 2 aromatic carbocycles. The van der Waals surface area contributed by atoms with E-state index in [-0.39, 0.29) is 24.6 Å². The minimum atomic E-state index is -0.423. The predicted octanol–water partition coefficient (Wildman–Crippen LogP) is 5.23. The summed E-state index contributed by atoms with van der Waals surface area (Å²) in [5.74, 6) is -0.205. The van der Waals surface area contributed by atoms with Gasteiger partial charge >= 0.3 is 5.97 Å². The Kier molecular flexibility index (Phi) is 8.07. The van der Waals surface area contributed by atoms with Gasteiger partial charge in [0.1, 0.15) is 0 Å². The molecule has 1 aliphatic heterocycles. The lowest BCUT2D eigenvalue weighted by molar-refractivity contribution is -0.250. The molecule has 4 nitrogen and oxygen atoms in total. The first-order valence-electron chi connectivity index (χ1n) is 10.3. The number of esters is 1. The van der Waals surface area contributed by atoms with E-state index < -0.39 is 6.29 Å². The van der Waals surface area contributed by atoms with Gasteiger partial charge in [-0.25, -0.2) is 0 Å². The maximum Gasteiger partial charge on any atom is 0.308 e. The fraction of sp³-hybridized carbons (Fsp3) is 0.458. The van der Waals surface area contributed by atoms with Gasteiger partial charge in [0.25, 0.3) is 0 Å². The zero-order valence-electron chi connectivity index (χ0n) is 16.6. The highest BCUT2D eigenvalue weighted by Crippen LogP contribution is 2.33. The van der Waals surface area contributed by atoms with Crippen LogP contribution in [0.5, 0.6) is 0 Å². The van der Waals surface area contributed by atoms with E-state index in [1.807, 2.05) is 43.3 Å². The van der Waals surface area contributed by atoms with Crippen LogP contribution in [0.3, 0.4) is 0 Å². The van der Waals surface area contributed by atoms with E-state index in [0.29, 0.717) is 6.61 Å². The van der Waals surface area contributed by atoms with Gasteiger partial charge in [0, 0.05) is 12.0 Å². The fourth-order valence-electron chi connectivity index (χ4n) is 3.62. The minimum absolute atomic E-state index is 0.0918. The highest BCUT2D eigenvalue weighted by Gasteiger charge is 2.32. The van der Waals surface area contributed by atoms with E-state index in [1.54, 1.807) is 0 Å². The average molecular weight is 383 g/mol. The first kappa shape index (κ1) is 20.6. The van der Waals surface area contributed by atoms with Crippen molar-refractivity contribution in [1.29, 1.82) is 0 Å². The second-order valence-electron chi connectivity index (χ2n) is 7.24. The predicted molar refractivity (Wildman–Crippen MR) is 109 cm³/mol. The zero-order chi connectivity index (χ0) is 19.6. The molecule has 28 heavy (non-hydrogen) atoms. The second-order valence-corrected chi connectivity index (χ2v) is 7.24. The largest absolute Gasteiger partial charge is 0.466 e. The smallest absolute Gasteiger partial charge is 0.308 e. The molecule has 0 bridgehead atoms. The molecule has 0 aliphatic carbocycles. The Balaban J connectivity index is 1.54. The summed E-state index contributed by atoms with van der Waals surface area (Å²) < 4.78 is 17.4. The molecule has 150 valence electrons. The summed E-state index contributed by atoms with van der Waals surface area (Å²) in [4.78, 5) is 11.9. The van der Waals surface area contributed by atoms with Crippen molar-refractivity contribution < 1.29 is 19.0 Å². The molecule has 0 N–H and O–H groups in total. The van der Waals surface area contributed by atoms with Crippen LogP contribution < -0.4 is 0 Å². The molecule has 0 amide bonds. The van der Waals surface area contributed by atoms with Gasteiger partial charge in [0.2, 0.25) is 0 Å². The van der Waals surface area contributed by atoms with E-state index in [0.717, 1.165) is 37.7 Å². The van der Waals surface area contributed by atoms with Crippen molar-refractivity contribution in [2.24, 2.45) is 0 Å². The van der Waals surface area contributed by atoms with Gasteiger partial charge in [-0.2, -0.15) is 0 Å². The Morgan fingerprint density at radius 1 is 0.964 bits per heavy atom. The number of aryl methyl sites for hydroxylation is 1. The second kappa shape index (κ2) is 11.0. The maximum absolute atomic E-state index is 11.9. The van der Waals surface area contributed by atoms with Gasteiger partial charge in [0.05, 0.1) is 25.2 Å². The third-order valence-corrected chi connectivity index (χ3v) is 5.01. The summed E-state index contributed by atoms with van der Waals surface area (Å²) in [5.41, 5.74) is 2.36. The molecule has 2 aromatic rings. The van der Waals surface area contributed by atoms with Crippen molar-refractivity contribution in [3.8, 4) is 0 Å². The number of carbonyl (C=O) groups is 1. The van der Waals surface area contributed by atoms with Crippen LogP contribution in [0.25, 0.3) is 0 Å². The van der Waals surface area contributed by atoms with E-state index in [1.165, 1.54) is 5.56 Å². The lowest BCUT2D eigenvalue weighted by atomic mass is 9.99. The Morgan fingerprint density at radius 3 is 2.36 bits per heavy atom.